The van der Waals surface area contributed by atoms with Gasteiger partial charge in [0.25, 0.3) is 11.5 Å². The zero-order valence-corrected chi connectivity index (χ0v) is 15.1. The van der Waals surface area contributed by atoms with Gasteiger partial charge in [-0.15, -0.1) is 0 Å². The molecule has 1 aliphatic heterocycles. The van der Waals surface area contributed by atoms with Gasteiger partial charge < -0.3 is 31.1 Å². The number of hydrogen-bond donors (Lipinski definition) is 7. The highest BCUT2D eigenvalue weighted by atomic mass is 16.5. The number of aliphatic hydroxyl groups excluding tert-OH is 2. The van der Waals surface area contributed by atoms with Crippen molar-refractivity contribution < 1.29 is 24.9 Å². The van der Waals surface area contributed by atoms with Gasteiger partial charge >= 0.3 is 0 Å². The molecule has 0 spiro atoms. The molecule has 10 nitrogen and oxygen atoms in total. The number of hydrogen-bond acceptors (Lipinski definition) is 8. The molecule has 1 aromatic carbocycles. The summed E-state index contributed by atoms with van der Waals surface area (Å²) in [4.78, 5) is 26.6. The molecule has 0 bridgehead atoms. The van der Waals surface area contributed by atoms with Crippen molar-refractivity contribution >= 4 is 16.7 Å². The van der Waals surface area contributed by atoms with E-state index in [-0.39, 0.29) is 24.7 Å². The Balaban J connectivity index is 2.03. The van der Waals surface area contributed by atoms with Gasteiger partial charge in [0, 0.05) is 29.8 Å². The fourth-order valence-electron chi connectivity index (χ4n) is 3.43. The van der Waals surface area contributed by atoms with Crippen LogP contribution in [0.2, 0.25) is 0 Å². The van der Waals surface area contributed by atoms with Crippen LogP contribution < -0.4 is 26.7 Å². The molecule has 1 fully saturated rings. The summed E-state index contributed by atoms with van der Waals surface area (Å²) in [7, 11) is 0. The number of piperidine rings is 1. The number of aliphatic hydroxyl groups is 2. The van der Waals surface area contributed by atoms with Gasteiger partial charge in [-0.25, -0.2) is 0 Å². The second-order valence-electron chi connectivity index (χ2n) is 6.64. The van der Waals surface area contributed by atoms with E-state index < -0.39 is 36.4 Å². The van der Waals surface area contributed by atoms with E-state index in [1.807, 2.05) is 0 Å². The number of pyridine rings is 1. The summed E-state index contributed by atoms with van der Waals surface area (Å²) in [5.41, 5.74) is 5.22. The van der Waals surface area contributed by atoms with Crippen molar-refractivity contribution in [3.8, 4) is 11.6 Å². The lowest BCUT2D eigenvalue weighted by Crippen LogP contribution is -2.46. The van der Waals surface area contributed by atoms with Crippen LogP contribution in [0.25, 0.3) is 10.8 Å². The van der Waals surface area contributed by atoms with Gasteiger partial charge in [0.1, 0.15) is 12.5 Å². The first-order chi connectivity index (χ1) is 13.4. The van der Waals surface area contributed by atoms with Crippen molar-refractivity contribution in [2.45, 2.75) is 31.2 Å². The predicted molar refractivity (Wildman–Crippen MR) is 101 cm³/mol. The smallest absolute Gasteiger partial charge is 0.293 e. The van der Waals surface area contributed by atoms with Crippen LogP contribution in [0.5, 0.6) is 11.6 Å². The fourth-order valence-corrected chi connectivity index (χ4v) is 3.43. The average Bonchev–Trinajstić information content (AvgIpc) is 2.66. The van der Waals surface area contributed by atoms with E-state index in [4.69, 9.17) is 10.5 Å². The summed E-state index contributed by atoms with van der Waals surface area (Å²) < 4.78 is 5.49. The average molecular weight is 392 g/mol. The normalized spacial score (nSPS) is 22.2. The van der Waals surface area contributed by atoms with E-state index in [2.05, 4.69) is 15.6 Å². The zero-order chi connectivity index (χ0) is 20.3. The summed E-state index contributed by atoms with van der Waals surface area (Å²) >= 11 is 0. The van der Waals surface area contributed by atoms with E-state index in [0.717, 1.165) is 0 Å². The third-order valence-electron chi connectivity index (χ3n) is 4.73. The number of benzene rings is 1. The molecule has 10 heteroatoms. The Kier molecular flexibility index (Phi) is 6.15. The number of carbonyl (C=O) groups excluding carboxylic acids is 1. The Labute approximate surface area is 160 Å². The molecule has 2 aromatic rings. The Morgan fingerprint density at radius 2 is 2.11 bits per heavy atom. The summed E-state index contributed by atoms with van der Waals surface area (Å²) in [5.74, 6) is -1.34. The summed E-state index contributed by atoms with van der Waals surface area (Å²) in [5, 5.41) is 36.1. The Bertz CT molecular complexity index is 915. The number of ether oxygens (including phenoxy) is 1. The SMILES string of the molecule is NCCNC(=O)COc1c(=O)[nH]c(O)c2cccc(C3CCC(O)NC3O)c12. The molecular formula is C18H24N4O6. The molecule has 28 heavy (non-hydrogen) atoms. The molecule has 0 saturated carbocycles. The minimum atomic E-state index is -1.04. The number of carbonyl (C=O) groups is 1. The minimum absolute atomic E-state index is 0.121. The molecule has 1 aliphatic rings. The zero-order valence-electron chi connectivity index (χ0n) is 15.1. The predicted octanol–water partition coefficient (Wildman–Crippen LogP) is -1.21. The molecule has 3 atom stereocenters. The van der Waals surface area contributed by atoms with Crippen molar-refractivity contribution in [2.75, 3.05) is 19.7 Å². The Hall–Kier alpha value is -2.66. The van der Waals surface area contributed by atoms with E-state index >= 15 is 0 Å². The highest BCUT2D eigenvalue weighted by Gasteiger charge is 2.31. The largest absolute Gasteiger partial charge is 0.494 e. The topological polar surface area (TPSA) is 170 Å². The quantitative estimate of drug-likeness (QED) is 0.321. The van der Waals surface area contributed by atoms with Crippen LogP contribution in [-0.4, -0.2) is 58.4 Å². The summed E-state index contributed by atoms with van der Waals surface area (Å²) in [6.45, 7) is 0.154. The maximum absolute atomic E-state index is 12.4. The second-order valence-corrected chi connectivity index (χ2v) is 6.64. The number of fused-ring (bicyclic) bond motifs is 1. The molecule has 1 aromatic heterocycles. The van der Waals surface area contributed by atoms with Crippen LogP contribution >= 0.6 is 0 Å². The van der Waals surface area contributed by atoms with Crippen LogP contribution in [0.1, 0.15) is 24.3 Å². The number of aromatic amines is 1. The van der Waals surface area contributed by atoms with E-state index in [0.29, 0.717) is 29.2 Å². The molecule has 1 saturated heterocycles. The lowest BCUT2D eigenvalue weighted by molar-refractivity contribution is -0.123. The first-order valence-corrected chi connectivity index (χ1v) is 9.02. The number of nitrogens with two attached hydrogens (primary N) is 1. The number of amides is 1. The maximum Gasteiger partial charge on any atom is 0.293 e. The fraction of sp³-hybridized carbons (Fsp3) is 0.444. The molecule has 1 amide bonds. The number of aromatic nitrogens is 1. The number of aromatic hydroxyl groups is 1. The number of rotatable bonds is 6. The maximum atomic E-state index is 12.4. The monoisotopic (exact) mass is 392 g/mol. The standard InChI is InChI=1S/C18H24N4O6/c19-6-7-20-13(24)8-28-15-14-9(10-4-5-12(23)21-16(10)25)2-1-3-11(14)17(26)22-18(15)27/h1-3,10,12,16,21,23,25H,4-8,19H2,(H,20,24)(H2,22,26,27). The van der Waals surface area contributed by atoms with Crippen LogP contribution in [0.4, 0.5) is 0 Å². The lowest BCUT2D eigenvalue weighted by Gasteiger charge is -2.33. The first kappa shape index (κ1) is 20.1. The Morgan fingerprint density at radius 3 is 2.82 bits per heavy atom. The van der Waals surface area contributed by atoms with Crippen LogP contribution in [0, 0.1) is 0 Å². The van der Waals surface area contributed by atoms with Crippen molar-refractivity contribution in [3.63, 3.8) is 0 Å². The molecule has 3 unspecified atom stereocenters. The number of H-pyrrole nitrogens is 1. The Morgan fingerprint density at radius 1 is 1.32 bits per heavy atom. The van der Waals surface area contributed by atoms with Gasteiger partial charge in [0.05, 0.1) is 0 Å². The van der Waals surface area contributed by atoms with Crippen molar-refractivity contribution in [3.05, 3.63) is 34.1 Å². The van der Waals surface area contributed by atoms with Gasteiger partial charge in [-0.2, -0.15) is 0 Å². The molecule has 2 heterocycles. The van der Waals surface area contributed by atoms with E-state index in [9.17, 15) is 24.9 Å². The van der Waals surface area contributed by atoms with Gasteiger partial charge in [-0.1, -0.05) is 12.1 Å². The van der Waals surface area contributed by atoms with Crippen molar-refractivity contribution in [1.82, 2.24) is 15.6 Å². The summed E-state index contributed by atoms with van der Waals surface area (Å²) in [6, 6.07) is 5.00. The second kappa shape index (κ2) is 8.57. The molecular weight excluding hydrogens is 368 g/mol. The molecule has 8 N–H and O–H groups in total. The van der Waals surface area contributed by atoms with E-state index in [1.54, 1.807) is 18.2 Å². The lowest BCUT2D eigenvalue weighted by atomic mass is 9.86. The van der Waals surface area contributed by atoms with Crippen molar-refractivity contribution in [2.24, 2.45) is 5.73 Å². The molecule has 0 aliphatic carbocycles. The van der Waals surface area contributed by atoms with Gasteiger partial charge in [0.2, 0.25) is 0 Å². The van der Waals surface area contributed by atoms with Gasteiger partial charge in [0.15, 0.2) is 18.2 Å². The first-order valence-electron chi connectivity index (χ1n) is 9.02. The minimum Gasteiger partial charge on any atom is -0.494 e. The van der Waals surface area contributed by atoms with Crippen LogP contribution in [0.3, 0.4) is 0 Å². The molecule has 152 valence electrons. The van der Waals surface area contributed by atoms with Gasteiger partial charge in [-0.3, -0.25) is 19.9 Å². The highest BCUT2D eigenvalue weighted by Crippen LogP contribution is 2.38. The highest BCUT2D eigenvalue weighted by molar-refractivity contribution is 5.95. The molecule has 3 rings (SSSR count). The van der Waals surface area contributed by atoms with Crippen LogP contribution in [-0.2, 0) is 4.79 Å². The van der Waals surface area contributed by atoms with Crippen LogP contribution in [0.15, 0.2) is 23.0 Å². The third kappa shape index (κ3) is 4.09. The van der Waals surface area contributed by atoms with E-state index in [1.165, 1.54) is 0 Å². The summed E-state index contributed by atoms with van der Waals surface area (Å²) in [6.07, 6.45) is -1.000. The third-order valence-corrected chi connectivity index (χ3v) is 4.73. The van der Waals surface area contributed by atoms with Gasteiger partial charge in [-0.05, 0) is 24.5 Å². The molecule has 0 radical (unpaired) electrons. The van der Waals surface area contributed by atoms with Crippen molar-refractivity contribution in [1.29, 1.82) is 0 Å². The number of nitrogens with one attached hydrogen (secondary N) is 3.